The first-order chi connectivity index (χ1) is 13.0. The third-order valence-corrected chi connectivity index (χ3v) is 5.46. The maximum atomic E-state index is 12.9. The van der Waals surface area contributed by atoms with Gasteiger partial charge < -0.3 is 19.4 Å². The second-order valence-corrected chi connectivity index (χ2v) is 7.13. The Morgan fingerprint density at radius 1 is 1.19 bits per heavy atom. The van der Waals surface area contributed by atoms with Crippen molar-refractivity contribution in [2.24, 2.45) is 5.92 Å². The summed E-state index contributed by atoms with van der Waals surface area (Å²) in [6, 6.07) is 10.1. The van der Waals surface area contributed by atoms with Crippen LogP contribution in [0.25, 0.3) is 0 Å². The number of ether oxygens (including phenoxy) is 1. The minimum Gasteiger partial charge on any atom is -0.595 e. The minimum atomic E-state index is -1.21. The van der Waals surface area contributed by atoms with Gasteiger partial charge in [0.25, 0.3) is 5.91 Å². The zero-order chi connectivity index (χ0) is 19.1. The number of methoxy groups -OCH3 is 1. The number of likely N-dealkylation sites (tertiary alicyclic amines) is 1. The summed E-state index contributed by atoms with van der Waals surface area (Å²) in [5.74, 6) is 0.838. The number of hydrogen-bond donors (Lipinski definition) is 2. The number of carbonyl (C=O) groups excluding carboxylic acids is 1. The maximum absolute atomic E-state index is 12.9. The Kier molecular flexibility index (Phi) is 4.47. The quantitative estimate of drug-likeness (QED) is 0.767. The highest BCUT2D eigenvalue weighted by Gasteiger charge is 2.37. The van der Waals surface area contributed by atoms with Gasteiger partial charge in [0, 0.05) is 42.9 Å². The topological polar surface area (TPSA) is 99.3 Å². The molecular formula is C19H21N3O5. The first kappa shape index (κ1) is 17.7. The smallest absolute Gasteiger partial charge is 0.315 e. The molecule has 2 aliphatic heterocycles. The van der Waals surface area contributed by atoms with E-state index in [2.05, 4.69) is 0 Å². The van der Waals surface area contributed by atoms with Crippen molar-refractivity contribution in [2.75, 3.05) is 20.2 Å². The lowest BCUT2D eigenvalue weighted by molar-refractivity contribution is -0.992. The number of benzene rings is 1. The molecule has 1 aromatic heterocycles. The second kappa shape index (κ2) is 6.80. The number of rotatable bonds is 3. The van der Waals surface area contributed by atoms with Gasteiger partial charge in [-0.3, -0.25) is 9.59 Å². The SMILES string of the molecule is COc1ccc(C(=O)N2C[C@H]3C[C@H](C2)c2ccc([NH+]([O-])O)c(=O)n2C3)cc1. The summed E-state index contributed by atoms with van der Waals surface area (Å²) in [7, 11) is 1.58. The summed E-state index contributed by atoms with van der Waals surface area (Å²) < 4.78 is 6.71. The summed E-state index contributed by atoms with van der Waals surface area (Å²) in [4.78, 5) is 27.2. The fourth-order valence-electron chi connectivity index (χ4n) is 4.19. The van der Waals surface area contributed by atoms with E-state index < -0.39 is 10.8 Å². The van der Waals surface area contributed by atoms with Crippen LogP contribution in [0.5, 0.6) is 5.75 Å². The van der Waals surface area contributed by atoms with E-state index in [0.717, 1.165) is 12.1 Å². The fraction of sp³-hybridized carbons (Fsp3) is 0.368. The molecule has 8 nitrogen and oxygen atoms in total. The fourth-order valence-corrected chi connectivity index (χ4v) is 4.19. The molecule has 3 heterocycles. The molecule has 2 bridgehead atoms. The van der Waals surface area contributed by atoms with E-state index >= 15 is 0 Å². The highest BCUT2D eigenvalue weighted by molar-refractivity contribution is 5.94. The predicted octanol–water partition coefficient (Wildman–Crippen LogP) is 0.520. The highest BCUT2D eigenvalue weighted by Crippen LogP contribution is 2.35. The Balaban J connectivity index is 1.60. The van der Waals surface area contributed by atoms with Crippen LogP contribution >= 0.6 is 0 Å². The highest BCUT2D eigenvalue weighted by atomic mass is 16.8. The van der Waals surface area contributed by atoms with Crippen LogP contribution < -0.4 is 15.5 Å². The van der Waals surface area contributed by atoms with Crippen molar-refractivity contribution in [3.63, 3.8) is 0 Å². The summed E-state index contributed by atoms with van der Waals surface area (Å²) in [6.07, 6.45) is 0.901. The average molecular weight is 371 g/mol. The molecule has 2 aromatic rings. The van der Waals surface area contributed by atoms with Crippen molar-refractivity contribution < 1.29 is 20.0 Å². The monoisotopic (exact) mass is 371 g/mol. The van der Waals surface area contributed by atoms with Crippen molar-refractivity contribution in [3.05, 3.63) is 63.2 Å². The van der Waals surface area contributed by atoms with Crippen LogP contribution in [0.3, 0.4) is 0 Å². The molecule has 0 saturated carbocycles. The van der Waals surface area contributed by atoms with Gasteiger partial charge in [0.1, 0.15) is 5.75 Å². The van der Waals surface area contributed by atoms with Gasteiger partial charge in [0.15, 0.2) is 0 Å². The molecule has 1 amide bonds. The summed E-state index contributed by atoms with van der Waals surface area (Å²) >= 11 is 0. The largest absolute Gasteiger partial charge is 0.595 e. The number of fused-ring (bicyclic) bond motifs is 4. The molecule has 1 unspecified atom stereocenters. The van der Waals surface area contributed by atoms with E-state index in [1.165, 1.54) is 6.07 Å². The van der Waals surface area contributed by atoms with Gasteiger partial charge in [-0.1, -0.05) is 0 Å². The Bertz CT molecular complexity index is 922. The summed E-state index contributed by atoms with van der Waals surface area (Å²) in [6.45, 7) is 1.52. The van der Waals surface area contributed by atoms with E-state index in [1.54, 1.807) is 42.0 Å². The molecule has 27 heavy (non-hydrogen) atoms. The van der Waals surface area contributed by atoms with Crippen molar-refractivity contribution in [3.8, 4) is 5.75 Å². The molecule has 8 heteroatoms. The molecule has 3 atom stereocenters. The van der Waals surface area contributed by atoms with E-state index in [-0.39, 0.29) is 23.4 Å². The van der Waals surface area contributed by atoms with Crippen molar-refractivity contribution in [1.82, 2.24) is 9.47 Å². The first-order valence-electron chi connectivity index (χ1n) is 8.88. The Hall–Kier alpha value is -2.68. The van der Waals surface area contributed by atoms with E-state index in [4.69, 9.17) is 4.74 Å². The minimum absolute atomic E-state index is 0.0368. The third-order valence-electron chi connectivity index (χ3n) is 5.46. The van der Waals surface area contributed by atoms with Crippen LogP contribution in [0.1, 0.15) is 28.4 Å². The number of carbonyl (C=O) groups is 1. The molecule has 1 fully saturated rings. The standard InChI is InChI=1S/C19H21N3O5/c1-27-15-4-2-13(3-5-15)18(23)20-9-12-8-14(11-20)16-6-7-17(22(25)26)19(24)21(16)10-12/h2-7,12,14,22,25H,8-11H2,1H3/t12-,14-/m1/s1. The molecule has 1 saturated heterocycles. The van der Waals surface area contributed by atoms with Crippen LogP contribution in [0.2, 0.25) is 0 Å². The lowest BCUT2D eigenvalue weighted by atomic mass is 9.83. The number of nitrogens with one attached hydrogen (secondary N) is 1. The molecule has 1 aromatic carbocycles. The molecule has 2 N–H and O–H groups in total. The molecule has 142 valence electrons. The van der Waals surface area contributed by atoms with Crippen LogP contribution in [0.15, 0.2) is 41.2 Å². The number of pyridine rings is 1. The van der Waals surface area contributed by atoms with Gasteiger partial charge in [-0.2, -0.15) is 5.23 Å². The van der Waals surface area contributed by atoms with Gasteiger partial charge in [-0.15, -0.1) is 0 Å². The summed E-state index contributed by atoms with van der Waals surface area (Å²) in [5.41, 5.74) is 0.761. The van der Waals surface area contributed by atoms with Gasteiger partial charge >= 0.3 is 5.56 Å². The lowest BCUT2D eigenvalue weighted by Crippen LogP contribution is -3.00. The van der Waals surface area contributed by atoms with Crippen LogP contribution in [0, 0.1) is 11.1 Å². The Labute approximate surface area is 155 Å². The number of piperidine rings is 1. The zero-order valence-corrected chi connectivity index (χ0v) is 14.9. The molecule has 0 spiro atoms. The zero-order valence-electron chi connectivity index (χ0n) is 14.9. The number of amides is 1. The second-order valence-electron chi connectivity index (χ2n) is 7.13. The molecule has 4 rings (SSSR count). The summed E-state index contributed by atoms with van der Waals surface area (Å²) in [5, 5.41) is 19.2. The Morgan fingerprint density at radius 2 is 1.93 bits per heavy atom. The Morgan fingerprint density at radius 3 is 2.59 bits per heavy atom. The number of nitrogens with zero attached hydrogens (tertiary/aromatic N) is 2. The number of quaternary nitrogens is 1. The average Bonchev–Trinajstić information content (AvgIpc) is 2.68. The van der Waals surface area contributed by atoms with Crippen molar-refractivity contribution in [1.29, 1.82) is 0 Å². The predicted molar refractivity (Wildman–Crippen MR) is 96.2 cm³/mol. The van der Waals surface area contributed by atoms with Crippen molar-refractivity contribution in [2.45, 2.75) is 18.9 Å². The van der Waals surface area contributed by atoms with E-state index in [9.17, 15) is 20.0 Å². The third kappa shape index (κ3) is 3.12. The molecule has 0 radical (unpaired) electrons. The van der Waals surface area contributed by atoms with Gasteiger partial charge in [-0.25, -0.2) is 5.21 Å². The van der Waals surface area contributed by atoms with Crippen LogP contribution in [-0.4, -0.2) is 40.8 Å². The molecule has 2 aliphatic rings. The van der Waals surface area contributed by atoms with Gasteiger partial charge in [0.05, 0.1) is 7.11 Å². The van der Waals surface area contributed by atoms with Crippen LogP contribution in [-0.2, 0) is 6.54 Å². The number of hydrogen-bond acceptors (Lipinski definition) is 5. The maximum Gasteiger partial charge on any atom is 0.315 e. The van der Waals surface area contributed by atoms with E-state index in [1.807, 2.05) is 4.90 Å². The first-order valence-corrected chi connectivity index (χ1v) is 8.88. The van der Waals surface area contributed by atoms with Gasteiger partial charge in [-0.05, 0) is 42.7 Å². The molecular weight excluding hydrogens is 350 g/mol. The normalized spacial score (nSPS) is 22.1. The van der Waals surface area contributed by atoms with Gasteiger partial charge in [0.2, 0.25) is 5.69 Å². The van der Waals surface area contributed by atoms with Crippen LogP contribution in [0.4, 0.5) is 5.69 Å². The number of aromatic nitrogens is 1. The lowest BCUT2D eigenvalue weighted by Gasteiger charge is -2.42. The molecule has 0 aliphatic carbocycles. The van der Waals surface area contributed by atoms with E-state index in [0.29, 0.717) is 30.9 Å². The van der Waals surface area contributed by atoms with Crippen molar-refractivity contribution >= 4 is 11.6 Å².